The second-order valence-corrected chi connectivity index (χ2v) is 7.72. The minimum Gasteiger partial charge on any atom is -0.494 e. The first-order valence-electron chi connectivity index (χ1n) is 9.58. The Morgan fingerprint density at radius 2 is 1.58 bits per heavy atom. The molecule has 1 heterocycles. The van der Waals surface area contributed by atoms with Crippen molar-refractivity contribution in [1.29, 1.82) is 0 Å². The molecule has 3 rings (SSSR count). The minimum atomic E-state index is 0.373. The fourth-order valence-corrected chi connectivity index (χ4v) is 4.59. The first kappa shape index (κ1) is 19.4. The largest absolute Gasteiger partial charge is 0.494 e. The van der Waals surface area contributed by atoms with Gasteiger partial charge in [0.05, 0.1) is 6.61 Å². The van der Waals surface area contributed by atoms with Crippen molar-refractivity contribution < 1.29 is 4.74 Å². The number of hydrogen-bond acceptors (Lipinski definition) is 3. The summed E-state index contributed by atoms with van der Waals surface area (Å²) in [6.07, 6.45) is 7.31. The third-order valence-electron chi connectivity index (χ3n) is 5.23. The van der Waals surface area contributed by atoms with Crippen LogP contribution in [0.25, 0.3) is 11.4 Å². The van der Waals surface area contributed by atoms with Gasteiger partial charge in [0.1, 0.15) is 16.1 Å². The monoisotopic (exact) mass is 392 g/mol. The summed E-state index contributed by atoms with van der Waals surface area (Å²) in [7, 11) is 0. The smallest absolute Gasteiger partial charge is 0.162 e. The lowest BCUT2D eigenvalue weighted by molar-refractivity contribution is 0.308. The summed E-state index contributed by atoms with van der Waals surface area (Å²) in [5.74, 6) is 2.61. The fourth-order valence-electron chi connectivity index (χ4n) is 3.90. The van der Waals surface area contributed by atoms with Gasteiger partial charge in [-0.2, -0.15) is 0 Å². The van der Waals surface area contributed by atoms with E-state index in [0.717, 1.165) is 35.6 Å². The lowest BCUT2D eigenvalue weighted by Gasteiger charge is -2.29. The van der Waals surface area contributed by atoms with E-state index in [1.807, 2.05) is 31.2 Å². The molecule has 0 bridgehead atoms. The Morgan fingerprint density at radius 3 is 2.12 bits per heavy atom. The van der Waals surface area contributed by atoms with E-state index in [4.69, 9.17) is 27.9 Å². The van der Waals surface area contributed by atoms with Crippen molar-refractivity contribution in [2.45, 2.75) is 58.3 Å². The van der Waals surface area contributed by atoms with Gasteiger partial charge >= 0.3 is 0 Å². The average Bonchev–Trinajstić information content (AvgIpc) is 2.64. The van der Waals surface area contributed by atoms with Crippen molar-refractivity contribution in [2.75, 3.05) is 6.61 Å². The standard InChI is InChI=1S/C21H26Cl2N2O/c1-3-5-14-6-8-15(9-7-14)18-19(22)24-21(25-20(18)23)16-10-12-17(13-11-16)26-4-2/h10-15H,3-9H2,1-2H3/t14-,15-. The summed E-state index contributed by atoms with van der Waals surface area (Å²) in [6.45, 7) is 4.86. The number of rotatable bonds is 6. The lowest BCUT2D eigenvalue weighted by atomic mass is 9.78. The molecule has 1 saturated carbocycles. The Balaban J connectivity index is 1.78. The summed E-state index contributed by atoms with van der Waals surface area (Å²) in [6, 6.07) is 7.69. The number of aromatic nitrogens is 2. The number of ether oxygens (including phenoxy) is 1. The molecule has 0 spiro atoms. The van der Waals surface area contributed by atoms with Crippen molar-refractivity contribution in [3.8, 4) is 17.1 Å². The van der Waals surface area contributed by atoms with E-state index in [2.05, 4.69) is 16.9 Å². The van der Waals surface area contributed by atoms with Gasteiger partial charge in [0.2, 0.25) is 0 Å². The van der Waals surface area contributed by atoms with Gasteiger partial charge < -0.3 is 4.74 Å². The summed E-state index contributed by atoms with van der Waals surface area (Å²) in [4.78, 5) is 9.08. The molecule has 1 fully saturated rings. The quantitative estimate of drug-likeness (QED) is 0.500. The van der Waals surface area contributed by atoms with Gasteiger partial charge in [0, 0.05) is 11.1 Å². The maximum absolute atomic E-state index is 6.54. The molecule has 140 valence electrons. The zero-order valence-corrected chi connectivity index (χ0v) is 17.0. The van der Waals surface area contributed by atoms with Crippen molar-refractivity contribution in [3.63, 3.8) is 0 Å². The van der Waals surface area contributed by atoms with Gasteiger partial charge in [-0.05, 0) is 68.7 Å². The van der Waals surface area contributed by atoms with Crippen LogP contribution in [-0.2, 0) is 0 Å². The lowest BCUT2D eigenvalue weighted by Crippen LogP contribution is -2.15. The Kier molecular flexibility index (Phi) is 6.77. The molecule has 0 N–H and O–H groups in total. The van der Waals surface area contributed by atoms with E-state index in [1.165, 1.54) is 25.7 Å². The third kappa shape index (κ3) is 4.50. The molecular weight excluding hydrogens is 367 g/mol. The van der Waals surface area contributed by atoms with E-state index in [0.29, 0.717) is 28.7 Å². The third-order valence-corrected chi connectivity index (χ3v) is 5.80. The number of benzene rings is 1. The molecule has 0 saturated heterocycles. The van der Waals surface area contributed by atoms with Crippen LogP contribution in [0.5, 0.6) is 5.75 Å². The van der Waals surface area contributed by atoms with Crippen molar-refractivity contribution in [1.82, 2.24) is 9.97 Å². The van der Waals surface area contributed by atoms with Crippen molar-refractivity contribution in [2.24, 2.45) is 5.92 Å². The number of nitrogens with zero attached hydrogens (tertiary/aromatic N) is 2. The Bertz CT molecular complexity index is 702. The zero-order valence-electron chi connectivity index (χ0n) is 15.5. The van der Waals surface area contributed by atoms with Gasteiger partial charge in [-0.1, -0.05) is 43.0 Å². The second kappa shape index (κ2) is 9.05. The number of halogens is 2. The molecule has 0 atom stereocenters. The van der Waals surface area contributed by atoms with Gasteiger partial charge in [-0.25, -0.2) is 9.97 Å². The van der Waals surface area contributed by atoms with Crippen LogP contribution in [0.15, 0.2) is 24.3 Å². The predicted octanol–water partition coefficient (Wildman–Crippen LogP) is 6.92. The van der Waals surface area contributed by atoms with Gasteiger partial charge in [0.15, 0.2) is 5.82 Å². The fraction of sp³-hybridized carbons (Fsp3) is 0.524. The molecule has 3 nitrogen and oxygen atoms in total. The second-order valence-electron chi connectivity index (χ2n) is 7.01. The van der Waals surface area contributed by atoms with Gasteiger partial charge in [-0.3, -0.25) is 0 Å². The summed E-state index contributed by atoms with van der Waals surface area (Å²) >= 11 is 13.1. The molecule has 1 aromatic carbocycles. The Hall–Kier alpha value is -1.32. The maximum atomic E-state index is 6.54. The van der Waals surface area contributed by atoms with E-state index in [-0.39, 0.29) is 0 Å². The summed E-state index contributed by atoms with van der Waals surface area (Å²) < 4.78 is 5.48. The molecule has 1 aliphatic carbocycles. The minimum absolute atomic E-state index is 0.373. The molecule has 1 aliphatic rings. The highest BCUT2D eigenvalue weighted by Gasteiger charge is 2.27. The van der Waals surface area contributed by atoms with Gasteiger partial charge in [-0.15, -0.1) is 0 Å². The van der Waals surface area contributed by atoms with Crippen LogP contribution in [0.1, 0.15) is 63.9 Å². The first-order valence-corrected chi connectivity index (χ1v) is 10.3. The molecule has 0 radical (unpaired) electrons. The highest BCUT2D eigenvalue weighted by molar-refractivity contribution is 6.34. The van der Waals surface area contributed by atoms with Crippen molar-refractivity contribution >= 4 is 23.2 Å². The van der Waals surface area contributed by atoms with Crippen LogP contribution >= 0.6 is 23.2 Å². The van der Waals surface area contributed by atoms with Crippen LogP contribution in [0.3, 0.4) is 0 Å². The highest BCUT2D eigenvalue weighted by atomic mass is 35.5. The topological polar surface area (TPSA) is 35.0 Å². The summed E-state index contributed by atoms with van der Waals surface area (Å²) in [5, 5.41) is 0.987. The Labute approximate surface area is 166 Å². The van der Waals surface area contributed by atoms with Crippen molar-refractivity contribution in [3.05, 3.63) is 40.1 Å². The van der Waals surface area contributed by atoms with Crippen LogP contribution in [-0.4, -0.2) is 16.6 Å². The molecule has 2 aromatic rings. The summed E-state index contributed by atoms with van der Waals surface area (Å²) in [5.41, 5.74) is 1.81. The first-order chi connectivity index (χ1) is 12.6. The molecule has 5 heteroatoms. The molecule has 0 unspecified atom stereocenters. The molecule has 26 heavy (non-hydrogen) atoms. The van der Waals surface area contributed by atoms with Crippen LogP contribution < -0.4 is 4.74 Å². The van der Waals surface area contributed by atoms with E-state index in [1.54, 1.807) is 0 Å². The zero-order chi connectivity index (χ0) is 18.5. The van der Waals surface area contributed by atoms with Crippen LogP contribution in [0, 0.1) is 5.92 Å². The van der Waals surface area contributed by atoms with E-state index < -0.39 is 0 Å². The van der Waals surface area contributed by atoms with Crippen LogP contribution in [0.2, 0.25) is 10.3 Å². The van der Waals surface area contributed by atoms with E-state index >= 15 is 0 Å². The van der Waals surface area contributed by atoms with E-state index in [9.17, 15) is 0 Å². The Morgan fingerprint density at radius 1 is 0.962 bits per heavy atom. The highest BCUT2D eigenvalue weighted by Crippen LogP contribution is 2.42. The molecular formula is C21H26Cl2N2O. The molecule has 1 aromatic heterocycles. The average molecular weight is 393 g/mol. The van der Waals surface area contributed by atoms with Crippen LogP contribution in [0.4, 0.5) is 0 Å². The maximum Gasteiger partial charge on any atom is 0.162 e. The normalized spacial score (nSPS) is 20.2. The number of hydrogen-bond donors (Lipinski definition) is 0. The predicted molar refractivity (Wildman–Crippen MR) is 108 cm³/mol. The molecule has 0 amide bonds. The van der Waals surface area contributed by atoms with Gasteiger partial charge in [0.25, 0.3) is 0 Å². The molecule has 0 aliphatic heterocycles. The SMILES string of the molecule is CCC[C@H]1CC[C@H](c2c(Cl)nc(-c3ccc(OCC)cc3)nc2Cl)CC1.